The molecule has 1 saturated carbocycles. The van der Waals surface area contributed by atoms with Crippen LogP contribution >= 0.6 is 0 Å². The van der Waals surface area contributed by atoms with E-state index in [0.29, 0.717) is 12.0 Å². The summed E-state index contributed by atoms with van der Waals surface area (Å²) in [5.41, 5.74) is 6.73. The summed E-state index contributed by atoms with van der Waals surface area (Å²) in [5.74, 6) is 1.45. The Bertz CT molecular complexity index is 484. The highest BCUT2D eigenvalue weighted by molar-refractivity contribution is 5.35. The van der Waals surface area contributed by atoms with Gasteiger partial charge in [-0.1, -0.05) is 0 Å². The van der Waals surface area contributed by atoms with Gasteiger partial charge in [0.1, 0.15) is 0 Å². The molecule has 2 N–H and O–H groups in total. The minimum absolute atomic E-state index is 0.364. The van der Waals surface area contributed by atoms with Crippen molar-refractivity contribution in [3.8, 4) is 0 Å². The third-order valence-electron chi connectivity index (χ3n) is 3.34. The van der Waals surface area contributed by atoms with Crippen LogP contribution in [0.4, 0.5) is 0 Å². The van der Waals surface area contributed by atoms with Gasteiger partial charge in [-0.25, -0.2) is 0 Å². The Hall–Kier alpha value is -1.49. The van der Waals surface area contributed by atoms with Crippen LogP contribution in [0.1, 0.15) is 37.4 Å². The maximum Gasteiger partial charge on any atom is 0.177 e. The van der Waals surface area contributed by atoms with Crippen molar-refractivity contribution in [3.63, 3.8) is 0 Å². The Labute approximate surface area is 93.7 Å². The van der Waals surface area contributed by atoms with Crippen LogP contribution in [0.5, 0.6) is 0 Å². The molecule has 0 aliphatic heterocycles. The molecule has 0 bridgehead atoms. The molecule has 0 atom stereocenters. The van der Waals surface area contributed by atoms with Crippen molar-refractivity contribution in [3.05, 3.63) is 24.2 Å². The van der Waals surface area contributed by atoms with E-state index in [4.69, 9.17) is 5.73 Å². The molecule has 2 aromatic rings. The molecule has 0 unspecified atom stereocenters. The van der Waals surface area contributed by atoms with Crippen LogP contribution in [0, 0.1) is 0 Å². The summed E-state index contributed by atoms with van der Waals surface area (Å²) in [5, 5.41) is 12.7. The van der Waals surface area contributed by atoms with Crippen LogP contribution < -0.4 is 5.73 Å². The van der Waals surface area contributed by atoms with E-state index in [9.17, 15) is 0 Å². The highest BCUT2D eigenvalue weighted by Gasteiger charge is 2.24. The molecule has 1 fully saturated rings. The molecule has 0 spiro atoms. The molecule has 0 aromatic carbocycles. The summed E-state index contributed by atoms with van der Waals surface area (Å²) in [6, 6.07) is 4.17. The molecule has 1 aliphatic rings. The van der Waals surface area contributed by atoms with Gasteiger partial charge in [-0.2, -0.15) is 9.61 Å². The Morgan fingerprint density at radius 2 is 2.00 bits per heavy atom. The Morgan fingerprint density at radius 3 is 2.81 bits per heavy atom. The van der Waals surface area contributed by atoms with Crippen LogP contribution in [-0.2, 0) is 0 Å². The quantitative estimate of drug-likeness (QED) is 0.776. The fraction of sp³-hybridized carbons (Fsp3) is 0.545. The lowest BCUT2D eigenvalue weighted by Gasteiger charge is -2.24. The minimum atomic E-state index is 0.364. The van der Waals surface area contributed by atoms with Crippen LogP contribution in [0.2, 0.25) is 0 Å². The van der Waals surface area contributed by atoms with E-state index in [-0.39, 0.29) is 0 Å². The number of hydrogen-bond acceptors (Lipinski definition) is 4. The van der Waals surface area contributed by atoms with Gasteiger partial charge in [0.05, 0.1) is 0 Å². The van der Waals surface area contributed by atoms with Crippen LogP contribution in [0.25, 0.3) is 5.65 Å². The van der Waals surface area contributed by atoms with Gasteiger partial charge in [-0.15, -0.1) is 10.2 Å². The lowest BCUT2D eigenvalue weighted by atomic mass is 9.86. The van der Waals surface area contributed by atoms with Crippen LogP contribution in [0.15, 0.2) is 18.3 Å². The second-order valence-corrected chi connectivity index (χ2v) is 4.46. The van der Waals surface area contributed by atoms with Crippen LogP contribution in [0.3, 0.4) is 0 Å². The molecule has 0 saturated heterocycles. The van der Waals surface area contributed by atoms with E-state index in [1.807, 2.05) is 16.6 Å². The Balaban J connectivity index is 1.94. The van der Waals surface area contributed by atoms with Crippen molar-refractivity contribution in [2.45, 2.75) is 37.6 Å². The summed E-state index contributed by atoms with van der Waals surface area (Å²) >= 11 is 0. The van der Waals surface area contributed by atoms with Gasteiger partial charge in [0, 0.05) is 18.2 Å². The Kier molecular flexibility index (Phi) is 2.32. The predicted molar refractivity (Wildman–Crippen MR) is 60.0 cm³/mol. The van der Waals surface area contributed by atoms with Crippen molar-refractivity contribution in [2.24, 2.45) is 5.73 Å². The maximum absolute atomic E-state index is 5.90. The lowest BCUT2D eigenvalue weighted by Crippen LogP contribution is -2.26. The number of hydrogen-bond donors (Lipinski definition) is 1. The molecule has 5 heteroatoms. The molecule has 3 rings (SSSR count). The highest BCUT2D eigenvalue weighted by atomic mass is 15.4. The van der Waals surface area contributed by atoms with E-state index in [1.165, 1.54) is 0 Å². The molecule has 0 amide bonds. The number of fused-ring (bicyclic) bond motifs is 1. The van der Waals surface area contributed by atoms with Gasteiger partial charge in [0.25, 0.3) is 0 Å². The largest absolute Gasteiger partial charge is 0.328 e. The van der Waals surface area contributed by atoms with E-state index in [2.05, 4.69) is 15.3 Å². The number of rotatable bonds is 1. The monoisotopic (exact) mass is 217 g/mol. The number of nitrogens with two attached hydrogens (primary N) is 1. The van der Waals surface area contributed by atoms with E-state index in [0.717, 1.165) is 37.2 Å². The zero-order valence-corrected chi connectivity index (χ0v) is 9.08. The van der Waals surface area contributed by atoms with Crippen molar-refractivity contribution in [2.75, 3.05) is 0 Å². The van der Waals surface area contributed by atoms with Crippen molar-refractivity contribution >= 4 is 5.65 Å². The summed E-state index contributed by atoms with van der Waals surface area (Å²) < 4.78 is 1.85. The number of nitrogens with zero attached hydrogens (tertiary/aromatic N) is 4. The second-order valence-electron chi connectivity index (χ2n) is 4.46. The summed E-state index contributed by atoms with van der Waals surface area (Å²) in [4.78, 5) is 0. The zero-order chi connectivity index (χ0) is 11.0. The smallest absolute Gasteiger partial charge is 0.177 e. The first-order chi connectivity index (χ1) is 7.84. The molecule has 1 aliphatic carbocycles. The first kappa shape index (κ1) is 9.72. The molecule has 0 radical (unpaired) electrons. The zero-order valence-electron chi connectivity index (χ0n) is 9.08. The average molecular weight is 217 g/mol. The van der Waals surface area contributed by atoms with E-state index < -0.39 is 0 Å². The summed E-state index contributed by atoms with van der Waals surface area (Å²) in [6.45, 7) is 0. The van der Waals surface area contributed by atoms with Gasteiger partial charge >= 0.3 is 0 Å². The van der Waals surface area contributed by atoms with Gasteiger partial charge in [-0.3, -0.25) is 0 Å². The summed E-state index contributed by atoms with van der Waals surface area (Å²) in [7, 11) is 0. The lowest BCUT2D eigenvalue weighted by molar-refractivity contribution is 0.380. The topological polar surface area (TPSA) is 69.1 Å². The van der Waals surface area contributed by atoms with Gasteiger partial charge in [-0.05, 0) is 37.8 Å². The van der Waals surface area contributed by atoms with Gasteiger partial charge in [0.15, 0.2) is 11.5 Å². The molecule has 5 nitrogen and oxygen atoms in total. The average Bonchev–Trinajstić information content (AvgIpc) is 2.74. The fourth-order valence-electron chi connectivity index (χ4n) is 2.39. The molecule has 2 heterocycles. The molecule has 16 heavy (non-hydrogen) atoms. The Morgan fingerprint density at radius 1 is 1.19 bits per heavy atom. The SMILES string of the molecule is NC1CCC(c2nnc3cccnn23)CC1. The molecular weight excluding hydrogens is 202 g/mol. The third-order valence-corrected chi connectivity index (χ3v) is 3.34. The fourth-order valence-corrected chi connectivity index (χ4v) is 2.39. The molecular formula is C11H15N5. The normalized spacial score (nSPS) is 26.1. The van der Waals surface area contributed by atoms with Crippen molar-refractivity contribution in [1.82, 2.24) is 19.8 Å². The third kappa shape index (κ3) is 1.57. The highest BCUT2D eigenvalue weighted by Crippen LogP contribution is 2.30. The van der Waals surface area contributed by atoms with Crippen molar-refractivity contribution in [1.29, 1.82) is 0 Å². The van der Waals surface area contributed by atoms with Gasteiger partial charge < -0.3 is 5.73 Å². The van der Waals surface area contributed by atoms with E-state index >= 15 is 0 Å². The minimum Gasteiger partial charge on any atom is -0.328 e. The number of aromatic nitrogens is 4. The first-order valence-corrected chi connectivity index (χ1v) is 5.76. The van der Waals surface area contributed by atoms with Crippen LogP contribution in [-0.4, -0.2) is 25.9 Å². The maximum atomic E-state index is 5.90. The standard InChI is InChI=1S/C11H15N5/c12-9-5-3-8(4-6-9)11-15-14-10-2-1-7-13-16(10)11/h1-2,7-9H,3-6,12H2. The molecule has 2 aromatic heterocycles. The second kappa shape index (κ2) is 3.83. The van der Waals surface area contributed by atoms with E-state index in [1.54, 1.807) is 6.20 Å². The van der Waals surface area contributed by atoms with Crippen molar-refractivity contribution < 1.29 is 0 Å². The summed E-state index contributed by atoms with van der Waals surface area (Å²) in [6.07, 6.45) is 6.12. The first-order valence-electron chi connectivity index (χ1n) is 5.76. The van der Waals surface area contributed by atoms with Gasteiger partial charge in [0.2, 0.25) is 0 Å². The predicted octanol–water partition coefficient (Wildman–Crippen LogP) is 1.11. The molecule has 84 valence electrons.